The molecule has 1 aliphatic rings. The van der Waals surface area contributed by atoms with Gasteiger partial charge in [-0.25, -0.2) is 4.99 Å². The molecule has 0 aromatic heterocycles. The van der Waals surface area contributed by atoms with Crippen LogP contribution >= 0.6 is 24.0 Å². The fraction of sp³-hybridized carbons (Fsp3) is 0.556. The molecule has 1 N–H and O–H groups in total. The number of para-hydroxylation sites is 1. The van der Waals surface area contributed by atoms with Crippen molar-refractivity contribution in [1.82, 2.24) is 10.2 Å². The summed E-state index contributed by atoms with van der Waals surface area (Å²) in [6, 6.07) is 9.71. The Balaban J connectivity index is 0.00000312. The summed E-state index contributed by atoms with van der Waals surface area (Å²) >= 11 is 0. The molecule has 0 bridgehead atoms. The van der Waals surface area contributed by atoms with Gasteiger partial charge in [-0.05, 0) is 25.0 Å². The fourth-order valence-corrected chi connectivity index (χ4v) is 2.86. The van der Waals surface area contributed by atoms with Crippen LogP contribution in [0.3, 0.4) is 0 Å². The summed E-state index contributed by atoms with van der Waals surface area (Å²) in [7, 11) is 1.44. The van der Waals surface area contributed by atoms with Crippen molar-refractivity contribution in [3.63, 3.8) is 0 Å². The van der Waals surface area contributed by atoms with E-state index in [9.17, 15) is 4.79 Å². The molecular weight excluding hydrogens is 433 g/mol. The van der Waals surface area contributed by atoms with Crippen LogP contribution in [0.25, 0.3) is 0 Å². The van der Waals surface area contributed by atoms with Crippen molar-refractivity contribution in [3.8, 4) is 5.75 Å². The predicted octanol–water partition coefficient (Wildman–Crippen LogP) is 2.39. The third-order valence-corrected chi connectivity index (χ3v) is 4.12. The minimum absolute atomic E-state index is 0. The van der Waals surface area contributed by atoms with Crippen molar-refractivity contribution in [2.24, 2.45) is 16.8 Å². The second kappa shape index (κ2) is 11.2. The molecule has 2 unspecified atom stereocenters. The highest BCUT2D eigenvalue weighted by Crippen LogP contribution is 2.24. The number of carbonyl (C=O) groups is 1. The Labute approximate surface area is 167 Å². The topological polar surface area (TPSA) is 63.2 Å². The molecule has 0 aliphatic carbocycles. The van der Waals surface area contributed by atoms with E-state index in [0.29, 0.717) is 19.7 Å². The first kappa shape index (κ1) is 21.5. The number of nitrogens with zero attached hydrogens (tertiary/aromatic N) is 2. The molecule has 6 nitrogen and oxygen atoms in total. The van der Waals surface area contributed by atoms with E-state index in [1.807, 2.05) is 37.3 Å². The number of carbonyl (C=O) groups excluding carboxylic acids is 1. The van der Waals surface area contributed by atoms with Gasteiger partial charge in [0.1, 0.15) is 12.4 Å². The molecule has 1 heterocycles. The van der Waals surface area contributed by atoms with Gasteiger partial charge in [-0.15, -0.1) is 24.0 Å². The first-order valence-corrected chi connectivity index (χ1v) is 8.44. The summed E-state index contributed by atoms with van der Waals surface area (Å²) in [6.45, 7) is 7.40. The van der Waals surface area contributed by atoms with E-state index in [1.165, 1.54) is 7.11 Å². The number of hydrogen-bond acceptors (Lipinski definition) is 4. The van der Waals surface area contributed by atoms with Gasteiger partial charge in [-0.2, -0.15) is 0 Å². The summed E-state index contributed by atoms with van der Waals surface area (Å²) < 4.78 is 10.6. The smallest absolute Gasteiger partial charge is 0.310 e. The van der Waals surface area contributed by atoms with Gasteiger partial charge in [0, 0.05) is 19.6 Å². The van der Waals surface area contributed by atoms with Crippen LogP contribution in [-0.2, 0) is 9.53 Å². The minimum atomic E-state index is -0.145. The van der Waals surface area contributed by atoms with E-state index in [4.69, 9.17) is 9.47 Å². The number of ether oxygens (including phenoxy) is 2. The number of rotatable bonds is 6. The van der Waals surface area contributed by atoms with Crippen LogP contribution in [0.2, 0.25) is 0 Å². The Hall–Kier alpha value is -1.51. The van der Waals surface area contributed by atoms with Crippen molar-refractivity contribution >= 4 is 35.9 Å². The lowest BCUT2D eigenvalue weighted by Gasteiger charge is -2.21. The SMILES string of the molecule is CCNC(=NCCOc1ccccc1)N1CC(C)C(C(=O)OC)C1.I. The Morgan fingerprint density at radius 3 is 2.68 bits per heavy atom. The number of likely N-dealkylation sites (tertiary alicyclic amines) is 1. The largest absolute Gasteiger partial charge is 0.492 e. The molecule has 2 rings (SSSR count). The van der Waals surface area contributed by atoms with Crippen LogP contribution in [0.1, 0.15) is 13.8 Å². The lowest BCUT2D eigenvalue weighted by Crippen LogP contribution is -2.41. The van der Waals surface area contributed by atoms with Gasteiger partial charge in [0.15, 0.2) is 5.96 Å². The lowest BCUT2D eigenvalue weighted by molar-refractivity contribution is -0.145. The number of aliphatic imine (C=N–C) groups is 1. The summed E-state index contributed by atoms with van der Waals surface area (Å²) in [5, 5.41) is 3.29. The molecule has 1 aromatic carbocycles. The molecule has 1 saturated heterocycles. The second-order valence-electron chi connectivity index (χ2n) is 5.91. The Morgan fingerprint density at radius 1 is 1.32 bits per heavy atom. The number of esters is 1. The number of benzene rings is 1. The number of nitrogens with one attached hydrogen (secondary N) is 1. The van der Waals surface area contributed by atoms with Crippen molar-refractivity contribution in [1.29, 1.82) is 0 Å². The molecule has 0 saturated carbocycles. The van der Waals surface area contributed by atoms with E-state index in [2.05, 4.69) is 22.1 Å². The molecule has 1 aliphatic heterocycles. The molecule has 0 amide bonds. The van der Waals surface area contributed by atoms with Crippen LogP contribution in [0.4, 0.5) is 0 Å². The third kappa shape index (κ3) is 6.37. The fourth-order valence-electron chi connectivity index (χ4n) is 2.86. The lowest BCUT2D eigenvalue weighted by atomic mass is 9.99. The van der Waals surface area contributed by atoms with E-state index in [0.717, 1.165) is 24.8 Å². The van der Waals surface area contributed by atoms with Gasteiger partial charge >= 0.3 is 5.97 Å². The van der Waals surface area contributed by atoms with Gasteiger partial charge < -0.3 is 19.7 Å². The highest BCUT2D eigenvalue weighted by atomic mass is 127. The van der Waals surface area contributed by atoms with Crippen molar-refractivity contribution in [3.05, 3.63) is 30.3 Å². The second-order valence-corrected chi connectivity index (χ2v) is 5.91. The highest BCUT2D eigenvalue weighted by molar-refractivity contribution is 14.0. The average Bonchev–Trinajstić information content (AvgIpc) is 2.99. The third-order valence-electron chi connectivity index (χ3n) is 4.12. The van der Waals surface area contributed by atoms with Gasteiger partial charge in [-0.1, -0.05) is 25.1 Å². The molecule has 25 heavy (non-hydrogen) atoms. The van der Waals surface area contributed by atoms with Crippen molar-refractivity contribution < 1.29 is 14.3 Å². The maximum atomic E-state index is 11.8. The molecular formula is C18H28IN3O3. The number of halogens is 1. The van der Waals surface area contributed by atoms with E-state index < -0.39 is 0 Å². The molecule has 0 spiro atoms. The Kier molecular flexibility index (Phi) is 9.62. The Bertz CT molecular complexity index is 554. The first-order chi connectivity index (χ1) is 11.7. The highest BCUT2D eigenvalue weighted by Gasteiger charge is 2.36. The van der Waals surface area contributed by atoms with Gasteiger partial charge in [0.05, 0.1) is 19.6 Å². The maximum absolute atomic E-state index is 11.8. The summed E-state index contributed by atoms with van der Waals surface area (Å²) in [4.78, 5) is 18.6. The number of hydrogen-bond donors (Lipinski definition) is 1. The molecule has 140 valence electrons. The zero-order valence-electron chi connectivity index (χ0n) is 15.1. The monoisotopic (exact) mass is 461 g/mol. The Morgan fingerprint density at radius 2 is 2.04 bits per heavy atom. The van der Waals surface area contributed by atoms with Gasteiger partial charge in [-0.3, -0.25) is 4.79 Å². The maximum Gasteiger partial charge on any atom is 0.310 e. The van der Waals surface area contributed by atoms with Crippen LogP contribution in [0.5, 0.6) is 5.75 Å². The number of guanidine groups is 1. The van der Waals surface area contributed by atoms with Gasteiger partial charge in [0.25, 0.3) is 0 Å². The van der Waals surface area contributed by atoms with Crippen LogP contribution < -0.4 is 10.1 Å². The molecule has 0 radical (unpaired) electrons. The van der Waals surface area contributed by atoms with Crippen molar-refractivity contribution in [2.45, 2.75) is 13.8 Å². The first-order valence-electron chi connectivity index (χ1n) is 8.44. The van der Waals surface area contributed by atoms with Crippen molar-refractivity contribution in [2.75, 3.05) is 39.9 Å². The van der Waals surface area contributed by atoms with Gasteiger partial charge in [0.2, 0.25) is 0 Å². The van der Waals surface area contributed by atoms with Crippen LogP contribution in [-0.4, -0.2) is 56.7 Å². The van der Waals surface area contributed by atoms with E-state index in [1.54, 1.807) is 0 Å². The van der Waals surface area contributed by atoms with E-state index in [-0.39, 0.29) is 41.8 Å². The minimum Gasteiger partial charge on any atom is -0.492 e. The zero-order valence-corrected chi connectivity index (χ0v) is 17.4. The molecule has 1 aromatic rings. The zero-order chi connectivity index (χ0) is 17.4. The molecule has 7 heteroatoms. The standard InChI is InChI=1S/C18H27N3O3.HI/c1-4-19-18(20-10-11-24-15-8-6-5-7-9-15)21-12-14(2)16(13-21)17(22)23-3;/h5-9,14,16H,4,10-13H2,1-3H3,(H,19,20);1H. The van der Waals surface area contributed by atoms with Crippen LogP contribution in [0.15, 0.2) is 35.3 Å². The summed E-state index contributed by atoms with van der Waals surface area (Å²) in [6.07, 6.45) is 0. The molecule has 2 atom stereocenters. The predicted molar refractivity (Wildman–Crippen MR) is 110 cm³/mol. The number of methoxy groups -OCH3 is 1. The quantitative estimate of drug-likeness (QED) is 0.232. The summed E-state index contributed by atoms with van der Waals surface area (Å²) in [5.74, 6) is 1.68. The summed E-state index contributed by atoms with van der Waals surface area (Å²) in [5.41, 5.74) is 0. The van der Waals surface area contributed by atoms with Crippen LogP contribution in [0, 0.1) is 11.8 Å². The molecule has 1 fully saturated rings. The average molecular weight is 461 g/mol. The normalized spacial score (nSPS) is 20.0. The van der Waals surface area contributed by atoms with E-state index >= 15 is 0 Å².